The molecule has 4 heteroatoms. The Morgan fingerprint density at radius 1 is 1.26 bits per heavy atom. The van der Waals surface area contributed by atoms with Crippen LogP contribution in [-0.4, -0.2) is 23.4 Å². The molecule has 2 unspecified atom stereocenters. The van der Waals surface area contributed by atoms with Crippen LogP contribution in [0.2, 0.25) is 0 Å². The van der Waals surface area contributed by atoms with E-state index in [0.717, 1.165) is 12.8 Å². The number of alkyl halides is 1. The fourth-order valence-corrected chi connectivity index (χ4v) is 3.15. The van der Waals surface area contributed by atoms with E-state index in [0.29, 0.717) is 29.8 Å². The number of hydrogen-bond donors (Lipinski definition) is 2. The Morgan fingerprint density at radius 2 is 1.95 bits per heavy atom. The van der Waals surface area contributed by atoms with Crippen LogP contribution in [-0.2, 0) is 0 Å². The molecule has 19 heavy (non-hydrogen) atoms. The number of phenolic OH excluding ortho intramolecular Hbond substituents is 1. The lowest BCUT2D eigenvalue weighted by Gasteiger charge is -2.30. The molecule has 0 bridgehead atoms. The Labute approximate surface area is 119 Å². The van der Waals surface area contributed by atoms with Gasteiger partial charge in [-0.2, -0.15) is 0 Å². The van der Waals surface area contributed by atoms with Crippen molar-refractivity contribution in [1.29, 1.82) is 0 Å². The van der Waals surface area contributed by atoms with Crippen LogP contribution in [0.4, 0.5) is 0 Å². The number of carbonyl (C=O) groups is 1. The van der Waals surface area contributed by atoms with Gasteiger partial charge in [0.05, 0.1) is 5.56 Å². The van der Waals surface area contributed by atoms with Crippen molar-refractivity contribution in [2.75, 3.05) is 12.4 Å². The molecule has 1 fully saturated rings. The molecule has 1 saturated carbocycles. The number of carbonyl (C=O) groups excluding carboxylic acids is 1. The first-order valence-corrected chi connectivity index (χ1v) is 7.38. The van der Waals surface area contributed by atoms with Crippen molar-refractivity contribution in [2.24, 2.45) is 11.8 Å². The number of phenols is 1. The SMILES string of the molecule is O=C(NCC1CCCCC1CCl)c1ccccc1O. The van der Waals surface area contributed by atoms with Crippen LogP contribution in [0.15, 0.2) is 24.3 Å². The average Bonchev–Trinajstić information content (AvgIpc) is 2.45. The third-order valence-electron chi connectivity index (χ3n) is 3.94. The number of rotatable bonds is 4. The van der Waals surface area contributed by atoms with Crippen molar-refractivity contribution in [3.05, 3.63) is 29.8 Å². The van der Waals surface area contributed by atoms with E-state index in [4.69, 9.17) is 11.6 Å². The predicted octanol–water partition coefficient (Wildman–Crippen LogP) is 3.17. The molecule has 1 aromatic rings. The zero-order chi connectivity index (χ0) is 13.7. The number of amides is 1. The topological polar surface area (TPSA) is 49.3 Å². The van der Waals surface area contributed by atoms with Crippen LogP contribution in [0.25, 0.3) is 0 Å². The highest BCUT2D eigenvalue weighted by Gasteiger charge is 2.25. The van der Waals surface area contributed by atoms with Gasteiger partial charge in [-0.3, -0.25) is 4.79 Å². The standard InChI is InChI=1S/C15H20ClNO2/c16-9-11-5-1-2-6-12(11)10-17-15(19)13-7-3-4-8-14(13)18/h3-4,7-8,11-12,18H,1-2,5-6,9-10H2,(H,17,19). The molecule has 1 amide bonds. The Balaban J connectivity index is 1.91. The largest absolute Gasteiger partial charge is 0.507 e. The predicted molar refractivity (Wildman–Crippen MR) is 76.6 cm³/mol. The lowest BCUT2D eigenvalue weighted by atomic mass is 9.80. The minimum Gasteiger partial charge on any atom is -0.507 e. The lowest BCUT2D eigenvalue weighted by Crippen LogP contribution is -2.34. The van der Waals surface area contributed by atoms with Crippen LogP contribution < -0.4 is 5.32 Å². The van der Waals surface area contributed by atoms with Gasteiger partial charge in [-0.05, 0) is 36.8 Å². The molecule has 1 aliphatic rings. The highest BCUT2D eigenvalue weighted by Crippen LogP contribution is 2.30. The van der Waals surface area contributed by atoms with Crippen molar-refractivity contribution in [3.8, 4) is 5.75 Å². The zero-order valence-corrected chi connectivity index (χ0v) is 11.7. The molecule has 1 aromatic carbocycles. The quantitative estimate of drug-likeness (QED) is 0.833. The third kappa shape index (κ3) is 3.63. The number of aromatic hydroxyl groups is 1. The number of para-hydroxylation sites is 1. The molecule has 0 saturated heterocycles. The van der Waals surface area contributed by atoms with Gasteiger partial charge in [-0.1, -0.05) is 25.0 Å². The molecular weight excluding hydrogens is 262 g/mol. The van der Waals surface area contributed by atoms with Crippen molar-refractivity contribution < 1.29 is 9.90 Å². The first-order chi connectivity index (χ1) is 9.22. The summed E-state index contributed by atoms with van der Waals surface area (Å²) >= 11 is 5.98. The molecule has 2 rings (SSSR count). The molecule has 2 N–H and O–H groups in total. The van der Waals surface area contributed by atoms with Gasteiger partial charge in [-0.15, -0.1) is 11.6 Å². The third-order valence-corrected chi connectivity index (χ3v) is 4.33. The van der Waals surface area contributed by atoms with E-state index < -0.39 is 0 Å². The number of halogens is 1. The maximum atomic E-state index is 12.0. The fraction of sp³-hybridized carbons (Fsp3) is 0.533. The zero-order valence-electron chi connectivity index (χ0n) is 10.9. The maximum absolute atomic E-state index is 12.0. The van der Waals surface area contributed by atoms with Crippen LogP contribution in [0.5, 0.6) is 5.75 Å². The molecule has 3 nitrogen and oxygen atoms in total. The van der Waals surface area contributed by atoms with Crippen molar-refractivity contribution in [3.63, 3.8) is 0 Å². The Morgan fingerprint density at radius 3 is 2.63 bits per heavy atom. The number of hydrogen-bond acceptors (Lipinski definition) is 2. The van der Waals surface area contributed by atoms with Gasteiger partial charge in [0.1, 0.15) is 5.75 Å². The molecule has 0 aromatic heterocycles. The van der Waals surface area contributed by atoms with Gasteiger partial charge >= 0.3 is 0 Å². The van der Waals surface area contributed by atoms with Crippen molar-refractivity contribution >= 4 is 17.5 Å². The van der Waals surface area contributed by atoms with E-state index in [1.165, 1.54) is 18.9 Å². The molecule has 2 atom stereocenters. The van der Waals surface area contributed by atoms with Gasteiger partial charge in [0.25, 0.3) is 5.91 Å². The fourth-order valence-electron chi connectivity index (χ4n) is 2.74. The Bertz CT molecular complexity index is 436. The summed E-state index contributed by atoms with van der Waals surface area (Å²) in [6.07, 6.45) is 4.73. The number of nitrogens with one attached hydrogen (secondary N) is 1. The lowest BCUT2D eigenvalue weighted by molar-refractivity contribution is 0.0934. The minimum atomic E-state index is -0.211. The molecule has 0 spiro atoms. The van der Waals surface area contributed by atoms with Crippen LogP contribution in [0, 0.1) is 11.8 Å². The van der Waals surface area contributed by atoms with Crippen molar-refractivity contribution in [2.45, 2.75) is 25.7 Å². The molecule has 0 heterocycles. The summed E-state index contributed by atoms with van der Waals surface area (Å²) in [6.45, 7) is 0.643. The summed E-state index contributed by atoms with van der Waals surface area (Å²) in [5.41, 5.74) is 0.334. The summed E-state index contributed by atoms with van der Waals surface area (Å²) in [5, 5.41) is 12.6. The highest BCUT2D eigenvalue weighted by molar-refractivity contribution is 6.18. The van der Waals surface area contributed by atoms with E-state index in [1.807, 2.05) is 0 Å². The average molecular weight is 282 g/mol. The smallest absolute Gasteiger partial charge is 0.255 e. The minimum absolute atomic E-state index is 0.0255. The van der Waals surface area contributed by atoms with E-state index in [2.05, 4.69) is 5.32 Å². The molecule has 1 aliphatic carbocycles. The normalized spacial score (nSPS) is 23.0. The van der Waals surface area contributed by atoms with Gasteiger partial charge in [-0.25, -0.2) is 0 Å². The van der Waals surface area contributed by atoms with E-state index in [1.54, 1.807) is 18.2 Å². The van der Waals surface area contributed by atoms with E-state index in [9.17, 15) is 9.90 Å². The van der Waals surface area contributed by atoms with Crippen LogP contribution >= 0.6 is 11.6 Å². The van der Waals surface area contributed by atoms with Gasteiger partial charge in [0.15, 0.2) is 0 Å². The summed E-state index contributed by atoms with van der Waals surface area (Å²) in [6, 6.07) is 6.61. The molecule has 0 radical (unpaired) electrons. The highest BCUT2D eigenvalue weighted by atomic mass is 35.5. The van der Waals surface area contributed by atoms with E-state index in [-0.39, 0.29) is 11.7 Å². The summed E-state index contributed by atoms with van der Waals surface area (Å²) in [7, 11) is 0. The Kier molecular flexibility index (Phi) is 5.08. The van der Waals surface area contributed by atoms with E-state index >= 15 is 0 Å². The molecular formula is C15H20ClNO2. The number of benzene rings is 1. The first-order valence-electron chi connectivity index (χ1n) is 6.84. The first kappa shape index (κ1) is 14.2. The maximum Gasteiger partial charge on any atom is 0.255 e. The van der Waals surface area contributed by atoms with Gasteiger partial charge < -0.3 is 10.4 Å². The second kappa shape index (κ2) is 6.80. The second-order valence-electron chi connectivity index (χ2n) is 5.19. The van der Waals surface area contributed by atoms with Crippen LogP contribution in [0.3, 0.4) is 0 Å². The summed E-state index contributed by atoms with van der Waals surface area (Å²) in [5.74, 6) is 1.44. The summed E-state index contributed by atoms with van der Waals surface area (Å²) in [4.78, 5) is 12.0. The van der Waals surface area contributed by atoms with Crippen LogP contribution in [0.1, 0.15) is 36.0 Å². The summed E-state index contributed by atoms with van der Waals surface area (Å²) < 4.78 is 0. The second-order valence-corrected chi connectivity index (χ2v) is 5.49. The van der Waals surface area contributed by atoms with Gasteiger partial charge in [0.2, 0.25) is 0 Å². The molecule has 104 valence electrons. The van der Waals surface area contributed by atoms with Crippen molar-refractivity contribution in [1.82, 2.24) is 5.32 Å². The van der Waals surface area contributed by atoms with Gasteiger partial charge in [0, 0.05) is 12.4 Å². The monoisotopic (exact) mass is 281 g/mol. The molecule has 0 aliphatic heterocycles. The Hall–Kier alpha value is -1.22.